The molecule has 0 saturated carbocycles. The maximum Gasteiger partial charge on any atom is 0.509 e. The lowest BCUT2D eigenvalue weighted by Crippen LogP contribution is -2.03. The van der Waals surface area contributed by atoms with Crippen molar-refractivity contribution in [2.45, 2.75) is 17.3 Å². The standard InChI is InChI=1S/C10H10O3S/c1-7-2-4-8(5-3-7)14-9-6-12-10(11)13-9/h2-5,9H,6H2,1H3. The Hall–Kier alpha value is -1.16. The highest BCUT2D eigenvalue weighted by atomic mass is 32.2. The molecule has 0 N–H and O–H groups in total. The molecule has 0 radical (unpaired) electrons. The molecule has 2 rings (SSSR count). The molecule has 14 heavy (non-hydrogen) atoms. The number of carbonyl (C=O) groups excluding carboxylic acids is 1. The molecule has 1 aromatic carbocycles. The summed E-state index contributed by atoms with van der Waals surface area (Å²) in [6.07, 6.45) is -0.574. The van der Waals surface area contributed by atoms with E-state index in [0.717, 1.165) is 4.90 Å². The number of benzene rings is 1. The number of carbonyl (C=O) groups is 1. The molecule has 1 atom stereocenters. The van der Waals surface area contributed by atoms with Crippen LogP contribution in [0.4, 0.5) is 4.79 Å². The highest BCUT2D eigenvalue weighted by molar-refractivity contribution is 7.99. The Morgan fingerprint density at radius 1 is 1.36 bits per heavy atom. The topological polar surface area (TPSA) is 35.5 Å². The van der Waals surface area contributed by atoms with Gasteiger partial charge in [0.1, 0.15) is 6.61 Å². The summed E-state index contributed by atoms with van der Waals surface area (Å²) in [5.74, 6) is 0. The summed E-state index contributed by atoms with van der Waals surface area (Å²) in [5.41, 5.74) is 1.01. The predicted octanol–water partition coefficient (Wildman–Crippen LogP) is 2.58. The third kappa shape index (κ3) is 2.20. The molecular weight excluding hydrogens is 200 g/mol. The fourth-order valence-electron chi connectivity index (χ4n) is 1.14. The normalized spacial score (nSPS) is 20.4. The van der Waals surface area contributed by atoms with Crippen molar-refractivity contribution in [2.24, 2.45) is 0 Å². The lowest BCUT2D eigenvalue weighted by atomic mass is 10.2. The largest absolute Gasteiger partial charge is 0.509 e. The van der Waals surface area contributed by atoms with Gasteiger partial charge in [-0.25, -0.2) is 4.79 Å². The molecule has 1 unspecified atom stereocenters. The van der Waals surface area contributed by atoms with Gasteiger partial charge in [-0.2, -0.15) is 0 Å². The smallest absolute Gasteiger partial charge is 0.429 e. The molecule has 0 bridgehead atoms. The molecule has 74 valence electrons. The molecule has 1 fully saturated rings. The van der Waals surface area contributed by atoms with E-state index >= 15 is 0 Å². The van der Waals surface area contributed by atoms with Crippen LogP contribution in [0.15, 0.2) is 29.2 Å². The summed E-state index contributed by atoms with van der Waals surface area (Å²) in [6, 6.07) is 8.07. The van der Waals surface area contributed by atoms with Crippen molar-refractivity contribution in [3.05, 3.63) is 29.8 Å². The number of hydrogen-bond donors (Lipinski definition) is 0. The summed E-state index contributed by atoms with van der Waals surface area (Å²) in [6.45, 7) is 2.37. The summed E-state index contributed by atoms with van der Waals surface area (Å²) in [4.78, 5) is 11.7. The van der Waals surface area contributed by atoms with E-state index in [1.54, 1.807) is 0 Å². The van der Waals surface area contributed by atoms with Crippen LogP contribution in [0, 0.1) is 6.92 Å². The molecule has 0 spiro atoms. The summed E-state index contributed by atoms with van der Waals surface area (Å²) in [5, 5.41) is 0. The second-order valence-corrected chi connectivity index (χ2v) is 4.27. The molecule has 0 aliphatic carbocycles. The summed E-state index contributed by atoms with van der Waals surface area (Å²) in [7, 11) is 0. The van der Waals surface area contributed by atoms with Gasteiger partial charge in [0, 0.05) is 4.90 Å². The van der Waals surface area contributed by atoms with Crippen LogP contribution in [0.5, 0.6) is 0 Å². The van der Waals surface area contributed by atoms with Gasteiger partial charge in [-0.15, -0.1) is 0 Å². The Morgan fingerprint density at radius 3 is 2.64 bits per heavy atom. The van der Waals surface area contributed by atoms with Gasteiger partial charge >= 0.3 is 6.16 Å². The Morgan fingerprint density at radius 2 is 2.07 bits per heavy atom. The van der Waals surface area contributed by atoms with Crippen molar-refractivity contribution in [1.82, 2.24) is 0 Å². The van der Waals surface area contributed by atoms with Crippen LogP contribution in [0.25, 0.3) is 0 Å². The average molecular weight is 210 g/mol. The van der Waals surface area contributed by atoms with E-state index in [-0.39, 0.29) is 5.44 Å². The number of cyclic esters (lactones) is 2. The number of ether oxygens (including phenoxy) is 2. The zero-order chi connectivity index (χ0) is 9.97. The molecule has 0 aromatic heterocycles. The van der Waals surface area contributed by atoms with Crippen LogP contribution in [0.3, 0.4) is 0 Å². The molecule has 3 nitrogen and oxygen atoms in total. The maximum atomic E-state index is 10.6. The minimum atomic E-state index is -0.574. The van der Waals surface area contributed by atoms with Crippen molar-refractivity contribution in [1.29, 1.82) is 0 Å². The number of hydrogen-bond acceptors (Lipinski definition) is 4. The lowest BCUT2D eigenvalue weighted by Gasteiger charge is -2.05. The maximum absolute atomic E-state index is 10.6. The van der Waals surface area contributed by atoms with Gasteiger partial charge in [-0.05, 0) is 19.1 Å². The summed E-state index contributed by atoms with van der Waals surface area (Å²) >= 11 is 1.50. The highest BCUT2D eigenvalue weighted by Crippen LogP contribution is 2.27. The van der Waals surface area contributed by atoms with Crippen LogP contribution in [0.1, 0.15) is 5.56 Å². The first-order chi connectivity index (χ1) is 6.74. The third-order valence-electron chi connectivity index (χ3n) is 1.85. The van der Waals surface area contributed by atoms with Crippen LogP contribution < -0.4 is 0 Å². The third-order valence-corrected chi connectivity index (χ3v) is 2.89. The average Bonchev–Trinajstić information content (AvgIpc) is 2.56. The Kier molecular flexibility index (Phi) is 2.63. The van der Waals surface area contributed by atoms with Gasteiger partial charge in [0.2, 0.25) is 0 Å². The molecule has 4 heteroatoms. The zero-order valence-electron chi connectivity index (χ0n) is 7.73. The fraction of sp³-hybridized carbons (Fsp3) is 0.300. The van der Waals surface area contributed by atoms with Gasteiger partial charge in [0.15, 0.2) is 5.44 Å². The molecule has 1 heterocycles. The second kappa shape index (κ2) is 3.92. The quantitative estimate of drug-likeness (QED) is 0.703. The fourth-order valence-corrected chi connectivity index (χ4v) is 2.00. The lowest BCUT2D eigenvalue weighted by molar-refractivity contribution is 0.129. The molecule has 1 aromatic rings. The second-order valence-electron chi connectivity index (χ2n) is 3.04. The van der Waals surface area contributed by atoms with E-state index < -0.39 is 6.16 Å². The Bertz CT molecular complexity index is 334. The minimum absolute atomic E-state index is 0.204. The van der Waals surface area contributed by atoms with Crippen molar-refractivity contribution >= 4 is 17.9 Å². The molecular formula is C10H10O3S. The van der Waals surface area contributed by atoms with E-state index in [0.29, 0.717) is 6.61 Å². The molecule has 1 saturated heterocycles. The van der Waals surface area contributed by atoms with Crippen molar-refractivity contribution in [3.8, 4) is 0 Å². The van der Waals surface area contributed by atoms with Crippen molar-refractivity contribution < 1.29 is 14.3 Å². The number of rotatable bonds is 2. The van der Waals surface area contributed by atoms with Gasteiger partial charge < -0.3 is 9.47 Å². The molecule has 0 amide bonds. The Labute approximate surface area is 86.4 Å². The molecule has 1 aliphatic heterocycles. The van der Waals surface area contributed by atoms with Gasteiger partial charge in [-0.1, -0.05) is 29.5 Å². The van der Waals surface area contributed by atoms with E-state index in [1.165, 1.54) is 17.3 Å². The summed E-state index contributed by atoms with van der Waals surface area (Å²) < 4.78 is 9.58. The number of aryl methyl sites for hydroxylation is 1. The first kappa shape index (κ1) is 9.40. The Balaban J connectivity index is 1.97. The van der Waals surface area contributed by atoms with Crippen LogP contribution in [-0.4, -0.2) is 18.2 Å². The van der Waals surface area contributed by atoms with Gasteiger partial charge in [-0.3, -0.25) is 0 Å². The SMILES string of the molecule is Cc1ccc(SC2COC(=O)O2)cc1. The van der Waals surface area contributed by atoms with Gasteiger partial charge in [0.25, 0.3) is 0 Å². The monoisotopic (exact) mass is 210 g/mol. The van der Waals surface area contributed by atoms with Crippen LogP contribution in [0.2, 0.25) is 0 Å². The van der Waals surface area contributed by atoms with Crippen molar-refractivity contribution in [3.63, 3.8) is 0 Å². The first-order valence-electron chi connectivity index (χ1n) is 4.31. The van der Waals surface area contributed by atoms with E-state index in [2.05, 4.69) is 4.74 Å². The minimum Gasteiger partial charge on any atom is -0.429 e. The molecule has 1 aliphatic rings. The first-order valence-corrected chi connectivity index (χ1v) is 5.19. The number of thioether (sulfide) groups is 1. The predicted molar refractivity (Wildman–Crippen MR) is 53.3 cm³/mol. The highest BCUT2D eigenvalue weighted by Gasteiger charge is 2.25. The van der Waals surface area contributed by atoms with Crippen LogP contribution in [-0.2, 0) is 9.47 Å². The van der Waals surface area contributed by atoms with Crippen molar-refractivity contribution in [2.75, 3.05) is 6.61 Å². The van der Waals surface area contributed by atoms with Gasteiger partial charge in [0.05, 0.1) is 0 Å². The zero-order valence-corrected chi connectivity index (χ0v) is 8.54. The van der Waals surface area contributed by atoms with E-state index in [1.807, 2.05) is 31.2 Å². The van der Waals surface area contributed by atoms with E-state index in [4.69, 9.17) is 4.74 Å². The van der Waals surface area contributed by atoms with E-state index in [9.17, 15) is 4.79 Å². The van der Waals surface area contributed by atoms with Crippen LogP contribution >= 0.6 is 11.8 Å².